The van der Waals surface area contributed by atoms with Gasteiger partial charge in [0.1, 0.15) is 0 Å². The van der Waals surface area contributed by atoms with Gasteiger partial charge in [-0.3, -0.25) is 4.79 Å². The van der Waals surface area contributed by atoms with Gasteiger partial charge in [-0.2, -0.15) is 0 Å². The van der Waals surface area contributed by atoms with E-state index in [4.69, 9.17) is 4.42 Å². The number of benzene rings is 2. The molecule has 0 saturated heterocycles. The zero-order chi connectivity index (χ0) is 16.2. The van der Waals surface area contributed by atoms with E-state index in [1.807, 2.05) is 55.5 Å². The topological polar surface area (TPSA) is 68.0 Å². The Balaban J connectivity index is 1.65. The number of amides is 1. The van der Waals surface area contributed by atoms with Gasteiger partial charge in [0.05, 0.1) is 6.42 Å². The van der Waals surface area contributed by atoms with Crippen LogP contribution < -0.4 is 5.32 Å². The van der Waals surface area contributed by atoms with Crippen LogP contribution in [0, 0.1) is 13.8 Å². The second-order valence-electron chi connectivity index (χ2n) is 5.42. The Morgan fingerprint density at radius 1 is 1.09 bits per heavy atom. The molecule has 116 valence electrons. The molecule has 0 saturated carbocycles. The zero-order valence-electron chi connectivity index (χ0n) is 13.0. The molecule has 0 spiro atoms. The molecule has 0 fully saturated rings. The first-order chi connectivity index (χ1) is 11.1. The van der Waals surface area contributed by atoms with Crippen molar-refractivity contribution < 1.29 is 9.21 Å². The monoisotopic (exact) mass is 307 g/mol. The smallest absolute Gasteiger partial charge is 0.247 e. The summed E-state index contributed by atoms with van der Waals surface area (Å²) in [5.74, 6) is 0.952. The molecule has 2 aromatic carbocycles. The van der Waals surface area contributed by atoms with E-state index in [1.165, 1.54) is 0 Å². The molecule has 0 aliphatic carbocycles. The first-order valence-electron chi connectivity index (χ1n) is 7.36. The standard InChI is InChI=1S/C18H17N3O2/c1-12-4-3-5-14(10-12)11-17(22)19-16-8-6-15(7-9-16)18-21-20-13(2)23-18/h3-10H,11H2,1-2H3,(H,19,22). The molecule has 5 heteroatoms. The van der Waals surface area contributed by atoms with Crippen LogP contribution in [-0.4, -0.2) is 16.1 Å². The summed E-state index contributed by atoms with van der Waals surface area (Å²) in [4.78, 5) is 12.1. The molecule has 0 unspecified atom stereocenters. The Bertz CT molecular complexity index is 822. The summed E-state index contributed by atoms with van der Waals surface area (Å²) in [6, 6.07) is 15.3. The van der Waals surface area contributed by atoms with Crippen molar-refractivity contribution >= 4 is 11.6 Å². The molecule has 0 radical (unpaired) electrons. The highest BCUT2D eigenvalue weighted by atomic mass is 16.4. The summed E-state index contributed by atoms with van der Waals surface area (Å²) in [5, 5.41) is 10.7. The Hall–Kier alpha value is -2.95. The van der Waals surface area contributed by atoms with Gasteiger partial charge in [0, 0.05) is 18.2 Å². The number of nitrogens with one attached hydrogen (secondary N) is 1. The normalized spacial score (nSPS) is 10.5. The molecular formula is C18H17N3O2. The van der Waals surface area contributed by atoms with Gasteiger partial charge in [0.15, 0.2) is 0 Å². The lowest BCUT2D eigenvalue weighted by molar-refractivity contribution is -0.115. The van der Waals surface area contributed by atoms with Crippen LogP contribution in [0.2, 0.25) is 0 Å². The third-order valence-electron chi connectivity index (χ3n) is 3.39. The van der Waals surface area contributed by atoms with Crippen LogP contribution in [0.25, 0.3) is 11.5 Å². The van der Waals surface area contributed by atoms with Gasteiger partial charge in [-0.05, 0) is 36.8 Å². The summed E-state index contributed by atoms with van der Waals surface area (Å²) in [6.45, 7) is 3.76. The molecule has 5 nitrogen and oxygen atoms in total. The summed E-state index contributed by atoms with van der Waals surface area (Å²) in [7, 11) is 0. The second-order valence-corrected chi connectivity index (χ2v) is 5.42. The molecule has 0 aliphatic rings. The van der Waals surface area contributed by atoms with Crippen molar-refractivity contribution in [2.24, 2.45) is 0 Å². The Morgan fingerprint density at radius 2 is 1.87 bits per heavy atom. The van der Waals surface area contributed by atoms with Crippen molar-refractivity contribution in [3.63, 3.8) is 0 Å². The average molecular weight is 307 g/mol. The van der Waals surface area contributed by atoms with E-state index in [1.54, 1.807) is 6.92 Å². The maximum Gasteiger partial charge on any atom is 0.247 e. The quantitative estimate of drug-likeness (QED) is 0.800. The molecule has 1 aromatic heterocycles. The molecular weight excluding hydrogens is 290 g/mol. The van der Waals surface area contributed by atoms with Gasteiger partial charge in [0.25, 0.3) is 0 Å². The number of aryl methyl sites for hydroxylation is 2. The predicted octanol–water partition coefficient (Wildman–Crippen LogP) is 3.53. The maximum absolute atomic E-state index is 12.1. The number of nitrogens with zero attached hydrogens (tertiary/aromatic N) is 2. The van der Waals surface area contributed by atoms with Crippen molar-refractivity contribution in [2.45, 2.75) is 20.3 Å². The highest BCUT2D eigenvalue weighted by Gasteiger charge is 2.07. The van der Waals surface area contributed by atoms with Gasteiger partial charge in [-0.1, -0.05) is 29.8 Å². The molecule has 23 heavy (non-hydrogen) atoms. The van der Waals surface area contributed by atoms with E-state index in [0.29, 0.717) is 18.2 Å². The summed E-state index contributed by atoms with van der Waals surface area (Å²) >= 11 is 0. The summed E-state index contributed by atoms with van der Waals surface area (Å²) in [5.41, 5.74) is 3.71. The summed E-state index contributed by atoms with van der Waals surface area (Å²) in [6.07, 6.45) is 0.353. The van der Waals surface area contributed by atoms with Crippen molar-refractivity contribution in [3.8, 4) is 11.5 Å². The number of hydrogen-bond donors (Lipinski definition) is 1. The van der Waals surface area contributed by atoms with Crippen molar-refractivity contribution in [3.05, 3.63) is 65.5 Å². The summed E-state index contributed by atoms with van der Waals surface area (Å²) < 4.78 is 5.37. The average Bonchev–Trinajstić information content (AvgIpc) is 2.94. The number of hydrogen-bond acceptors (Lipinski definition) is 4. The van der Waals surface area contributed by atoms with Gasteiger partial charge in [-0.25, -0.2) is 0 Å². The van der Waals surface area contributed by atoms with Crippen molar-refractivity contribution in [1.29, 1.82) is 0 Å². The van der Waals surface area contributed by atoms with E-state index >= 15 is 0 Å². The molecule has 0 atom stereocenters. The molecule has 1 heterocycles. The molecule has 3 aromatic rings. The van der Waals surface area contributed by atoms with Gasteiger partial charge in [0.2, 0.25) is 17.7 Å². The third-order valence-corrected chi connectivity index (χ3v) is 3.39. The maximum atomic E-state index is 12.1. The third kappa shape index (κ3) is 3.83. The molecule has 0 aliphatic heterocycles. The van der Waals surface area contributed by atoms with Crippen LogP contribution in [0.1, 0.15) is 17.0 Å². The fourth-order valence-electron chi connectivity index (χ4n) is 2.32. The first kappa shape index (κ1) is 15.0. The van der Waals surface area contributed by atoms with Gasteiger partial charge in [-0.15, -0.1) is 10.2 Å². The highest BCUT2D eigenvalue weighted by molar-refractivity contribution is 5.92. The number of anilines is 1. The number of carbonyl (C=O) groups is 1. The van der Waals surface area contributed by atoms with Crippen LogP contribution in [0.15, 0.2) is 52.9 Å². The van der Waals surface area contributed by atoms with E-state index in [2.05, 4.69) is 15.5 Å². The Labute approximate surface area is 134 Å². The molecule has 1 amide bonds. The Morgan fingerprint density at radius 3 is 2.52 bits per heavy atom. The number of carbonyl (C=O) groups excluding carboxylic acids is 1. The fourth-order valence-corrected chi connectivity index (χ4v) is 2.32. The minimum Gasteiger partial charge on any atom is -0.421 e. The zero-order valence-corrected chi connectivity index (χ0v) is 13.0. The van der Waals surface area contributed by atoms with Crippen molar-refractivity contribution in [1.82, 2.24) is 10.2 Å². The van der Waals surface area contributed by atoms with Gasteiger partial charge < -0.3 is 9.73 Å². The number of aromatic nitrogens is 2. The SMILES string of the molecule is Cc1cccc(CC(=O)Nc2ccc(-c3nnc(C)o3)cc2)c1. The van der Waals surface area contributed by atoms with Gasteiger partial charge >= 0.3 is 0 Å². The highest BCUT2D eigenvalue weighted by Crippen LogP contribution is 2.20. The lowest BCUT2D eigenvalue weighted by atomic mass is 10.1. The van der Waals surface area contributed by atoms with Crippen LogP contribution >= 0.6 is 0 Å². The van der Waals surface area contributed by atoms with Crippen molar-refractivity contribution in [2.75, 3.05) is 5.32 Å². The molecule has 3 rings (SSSR count). The van der Waals surface area contributed by atoms with E-state index < -0.39 is 0 Å². The second kappa shape index (κ2) is 6.44. The minimum absolute atomic E-state index is 0.0445. The first-order valence-corrected chi connectivity index (χ1v) is 7.36. The fraction of sp³-hybridized carbons (Fsp3) is 0.167. The number of rotatable bonds is 4. The molecule has 0 bridgehead atoms. The lowest BCUT2D eigenvalue weighted by Crippen LogP contribution is -2.14. The predicted molar refractivity (Wildman–Crippen MR) is 88.0 cm³/mol. The van der Waals surface area contributed by atoms with Crippen LogP contribution in [-0.2, 0) is 11.2 Å². The van der Waals surface area contributed by atoms with E-state index in [0.717, 1.165) is 22.4 Å². The molecule has 1 N–H and O–H groups in total. The minimum atomic E-state index is -0.0445. The van der Waals surface area contributed by atoms with Crippen LogP contribution in [0.5, 0.6) is 0 Å². The van der Waals surface area contributed by atoms with Crippen LogP contribution in [0.4, 0.5) is 5.69 Å². The van der Waals surface area contributed by atoms with E-state index in [-0.39, 0.29) is 5.91 Å². The van der Waals surface area contributed by atoms with Crippen LogP contribution in [0.3, 0.4) is 0 Å². The van der Waals surface area contributed by atoms with E-state index in [9.17, 15) is 4.79 Å². The lowest BCUT2D eigenvalue weighted by Gasteiger charge is -2.06. The largest absolute Gasteiger partial charge is 0.421 e. The Kier molecular flexibility index (Phi) is 4.19.